The average Bonchev–Trinajstić information content (AvgIpc) is 2.11. The highest BCUT2D eigenvalue weighted by molar-refractivity contribution is 9.10. The van der Waals surface area contributed by atoms with Crippen LogP contribution in [0.25, 0.3) is 0 Å². The summed E-state index contributed by atoms with van der Waals surface area (Å²) in [6.45, 7) is 3.94. The highest BCUT2D eigenvalue weighted by Crippen LogP contribution is 2.21. The van der Waals surface area contributed by atoms with E-state index >= 15 is 0 Å². The second kappa shape index (κ2) is 6.88. The highest BCUT2D eigenvalue weighted by atomic mass is 79.9. The minimum Gasteiger partial charge on any atom is -0.507 e. The Morgan fingerprint density at radius 1 is 1.50 bits per heavy atom. The van der Waals surface area contributed by atoms with Gasteiger partial charge in [0.25, 0.3) is 0 Å². The highest BCUT2D eigenvalue weighted by Gasteiger charge is 1.89. The molecule has 0 heterocycles. The Morgan fingerprint density at radius 3 is 2.25 bits per heavy atom. The summed E-state index contributed by atoms with van der Waals surface area (Å²) in [5, 5.41) is 8.87. The second-order valence-electron chi connectivity index (χ2n) is 1.98. The lowest BCUT2D eigenvalue weighted by Gasteiger charge is -1.90. The van der Waals surface area contributed by atoms with Gasteiger partial charge in [0.15, 0.2) is 0 Å². The van der Waals surface area contributed by atoms with Gasteiger partial charge in [-0.25, -0.2) is 0 Å². The molecule has 1 aromatic rings. The molecule has 0 radical (unpaired) electrons. The molecule has 1 aromatic carbocycles. The first-order chi connectivity index (χ1) is 5.72. The SMILES string of the molecule is C=CCN.Oc1ccccc1Br. The molecule has 12 heavy (non-hydrogen) atoms. The zero-order valence-corrected chi connectivity index (χ0v) is 8.29. The normalized spacial score (nSPS) is 8.17. The fraction of sp³-hybridized carbons (Fsp3) is 0.111. The van der Waals surface area contributed by atoms with E-state index in [2.05, 4.69) is 22.5 Å². The van der Waals surface area contributed by atoms with E-state index < -0.39 is 0 Å². The van der Waals surface area contributed by atoms with Gasteiger partial charge in [-0.1, -0.05) is 18.2 Å². The van der Waals surface area contributed by atoms with Crippen molar-refractivity contribution < 1.29 is 5.11 Å². The summed E-state index contributed by atoms with van der Waals surface area (Å²) < 4.78 is 0.736. The van der Waals surface area contributed by atoms with Crippen molar-refractivity contribution in [3.05, 3.63) is 41.4 Å². The molecule has 2 nitrogen and oxygen atoms in total. The van der Waals surface area contributed by atoms with E-state index in [0.29, 0.717) is 6.54 Å². The van der Waals surface area contributed by atoms with Crippen molar-refractivity contribution in [1.29, 1.82) is 0 Å². The number of rotatable bonds is 1. The standard InChI is InChI=1S/C6H5BrO.C3H7N/c7-5-3-1-2-4-6(5)8;1-2-3-4/h1-4,8H;2H,1,3-4H2. The predicted molar refractivity (Wildman–Crippen MR) is 55.1 cm³/mol. The maximum atomic E-state index is 8.87. The maximum absolute atomic E-state index is 8.87. The van der Waals surface area contributed by atoms with E-state index in [9.17, 15) is 0 Å². The van der Waals surface area contributed by atoms with Gasteiger partial charge >= 0.3 is 0 Å². The molecule has 1 rings (SSSR count). The van der Waals surface area contributed by atoms with Crippen LogP contribution in [0.3, 0.4) is 0 Å². The van der Waals surface area contributed by atoms with Gasteiger partial charge in [0, 0.05) is 6.54 Å². The Morgan fingerprint density at radius 2 is 2.00 bits per heavy atom. The van der Waals surface area contributed by atoms with Crippen molar-refractivity contribution in [2.45, 2.75) is 0 Å². The number of hydrogen-bond donors (Lipinski definition) is 2. The number of phenolic OH excluding ortho intramolecular Hbond substituents is 1. The first-order valence-corrected chi connectivity index (χ1v) is 4.26. The topological polar surface area (TPSA) is 46.2 Å². The van der Waals surface area contributed by atoms with Crippen LogP contribution in [0.2, 0.25) is 0 Å². The van der Waals surface area contributed by atoms with Crippen molar-refractivity contribution in [1.82, 2.24) is 0 Å². The third kappa shape index (κ3) is 4.93. The summed E-state index contributed by atoms with van der Waals surface area (Å²) in [4.78, 5) is 0. The van der Waals surface area contributed by atoms with Crippen LogP contribution in [0.5, 0.6) is 5.75 Å². The van der Waals surface area contributed by atoms with E-state index in [-0.39, 0.29) is 5.75 Å². The third-order valence-electron chi connectivity index (χ3n) is 1.02. The molecule has 0 aliphatic heterocycles. The van der Waals surface area contributed by atoms with Crippen LogP contribution in [0, 0.1) is 0 Å². The van der Waals surface area contributed by atoms with Crippen LogP contribution in [0.1, 0.15) is 0 Å². The molecule has 0 amide bonds. The molecule has 0 unspecified atom stereocenters. The van der Waals surface area contributed by atoms with Crippen molar-refractivity contribution >= 4 is 15.9 Å². The lowest BCUT2D eigenvalue weighted by Crippen LogP contribution is -1.90. The summed E-state index contributed by atoms with van der Waals surface area (Å²) in [5.74, 6) is 0.285. The van der Waals surface area contributed by atoms with Gasteiger partial charge in [0.05, 0.1) is 4.47 Å². The third-order valence-corrected chi connectivity index (χ3v) is 1.69. The quantitative estimate of drug-likeness (QED) is 0.727. The Labute approximate surface area is 80.8 Å². The van der Waals surface area contributed by atoms with Crippen LogP contribution in [-0.4, -0.2) is 11.7 Å². The summed E-state index contributed by atoms with van der Waals surface area (Å²) >= 11 is 3.15. The Kier molecular flexibility index (Phi) is 6.42. The smallest absolute Gasteiger partial charge is 0.129 e. The van der Waals surface area contributed by atoms with Gasteiger partial charge in [-0.15, -0.1) is 6.58 Å². The Balaban J connectivity index is 0.000000261. The van der Waals surface area contributed by atoms with Crippen LogP contribution >= 0.6 is 15.9 Å². The number of phenols is 1. The molecule has 0 fully saturated rings. The van der Waals surface area contributed by atoms with E-state index in [0.717, 1.165) is 4.47 Å². The number of aromatic hydroxyl groups is 1. The zero-order chi connectivity index (χ0) is 9.40. The summed E-state index contributed by atoms with van der Waals surface area (Å²) in [5.41, 5.74) is 4.91. The number of para-hydroxylation sites is 1. The Bertz CT molecular complexity index is 217. The first kappa shape index (κ1) is 11.2. The molecular formula is C9H12BrNO. The van der Waals surface area contributed by atoms with E-state index in [1.807, 2.05) is 6.07 Å². The van der Waals surface area contributed by atoms with E-state index in [1.165, 1.54) is 0 Å². The van der Waals surface area contributed by atoms with Crippen molar-refractivity contribution in [3.63, 3.8) is 0 Å². The monoisotopic (exact) mass is 229 g/mol. The second-order valence-corrected chi connectivity index (χ2v) is 2.83. The fourth-order valence-electron chi connectivity index (χ4n) is 0.452. The minimum atomic E-state index is 0.285. The number of nitrogens with two attached hydrogens (primary N) is 1. The molecule has 66 valence electrons. The molecule has 0 bridgehead atoms. The van der Waals surface area contributed by atoms with Crippen LogP contribution < -0.4 is 5.73 Å². The minimum absolute atomic E-state index is 0.285. The van der Waals surface area contributed by atoms with Gasteiger partial charge in [0.1, 0.15) is 5.75 Å². The summed E-state index contributed by atoms with van der Waals surface area (Å²) in [7, 11) is 0. The van der Waals surface area contributed by atoms with E-state index in [4.69, 9.17) is 10.8 Å². The van der Waals surface area contributed by atoms with Crippen molar-refractivity contribution in [2.24, 2.45) is 5.73 Å². The molecule has 0 saturated carbocycles. The zero-order valence-electron chi connectivity index (χ0n) is 6.70. The molecule has 3 N–H and O–H groups in total. The lowest BCUT2D eigenvalue weighted by atomic mass is 10.3. The maximum Gasteiger partial charge on any atom is 0.129 e. The largest absolute Gasteiger partial charge is 0.507 e. The van der Waals surface area contributed by atoms with E-state index in [1.54, 1.807) is 24.3 Å². The average molecular weight is 230 g/mol. The fourth-order valence-corrected chi connectivity index (χ4v) is 0.737. The van der Waals surface area contributed by atoms with Gasteiger partial charge in [-0.3, -0.25) is 0 Å². The number of benzene rings is 1. The predicted octanol–water partition coefficient (Wildman–Crippen LogP) is 2.29. The molecule has 0 aliphatic rings. The van der Waals surface area contributed by atoms with Crippen LogP contribution in [0.15, 0.2) is 41.4 Å². The van der Waals surface area contributed by atoms with Crippen molar-refractivity contribution in [2.75, 3.05) is 6.54 Å². The molecule has 0 aromatic heterocycles. The molecular weight excluding hydrogens is 218 g/mol. The molecule has 0 atom stereocenters. The molecule has 0 spiro atoms. The summed E-state index contributed by atoms with van der Waals surface area (Å²) in [6, 6.07) is 7.04. The molecule has 3 heteroatoms. The van der Waals surface area contributed by atoms with Gasteiger partial charge in [-0.2, -0.15) is 0 Å². The lowest BCUT2D eigenvalue weighted by molar-refractivity contribution is 0.472. The first-order valence-electron chi connectivity index (χ1n) is 3.46. The number of hydrogen-bond acceptors (Lipinski definition) is 2. The number of halogens is 1. The van der Waals surface area contributed by atoms with Crippen LogP contribution in [0.4, 0.5) is 0 Å². The van der Waals surface area contributed by atoms with Gasteiger partial charge < -0.3 is 10.8 Å². The molecule has 0 saturated heterocycles. The summed E-state index contributed by atoms with van der Waals surface area (Å²) in [6.07, 6.45) is 1.65. The Hall–Kier alpha value is -0.800. The van der Waals surface area contributed by atoms with Gasteiger partial charge in [-0.05, 0) is 28.1 Å². The van der Waals surface area contributed by atoms with Crippen molar-refractivity contribution in [3.8, 4) is 5.75 Å². The van der Waals surface area contributed by atoms with Gasteiger partial charge in [0.2, 0.25) is 0 Å². The van der Waals surface area contributed by atoms with Crippen LogP contribution in [-0.2, 0) is 0 Å². The molecule has 0 aliphatic carbocycles.